The Morgan fingerprint density at radius 3 is 2.62 bits per heavy atom. The van der Waals surface area contributed by atoms with Gasteiger partial charge in [0.25, 0.3) is 0 Å². The Hall–Kier alpha value is -4.51. The second kappa shape index (κ2) is 10.8. The number of fused-ring (bicyclic) bond motifs is 5. The molecule has 45 heavy (non-hydrogen) atoms. The quantitative estimate of drug-likeness (QED) is 0.162. The summed E-state index contributed by atoms with van der Waals surface area (Å²) in [6, 6.07) is 12.4. The molecule has 0 radical (unpaired) electrons. The molecule has 1 aromatic heterocycles. The van der Waals surface area contributed by atoms with Gasteiger partial charge >= 0.3 is 6.01 Å². The summed E-state index contributed by atoms with van der Waals surface area (Å²) in [5.74, 6) is -1.31. The van der Waals surface area contributed by atoms with E-state index in [1.807, 2.05) is 6.07 Å². The van der Waals surface area contributed by atoms with Crippen molar-refractivity contribution >= 4 is 33.4 Å². The van der Waals surface area contributed by atoms with Gasteiger partial charge in [0.1, 0.15) is 23.7 Å². The molecular formula is C33H33FN8O3. The van der Waals surface area contributed by atoms with Crippen LogP contribution in [0.2, 0.25) is 0 Å². The molecule has 4 fully saturated rings. The van der Waals surface area contributed by atoms with E-state index in [1.165, 1.54) is 12.1 Å². The van der Waals surface area contributed by atoms with E-state index >= 15 is 4.39 Å². The molecule has 4 aromatic rings. The topological polar surface area (TPSA) is 140 Å². The number of amides is 1. The van der Waals surface area contributed by atoms with Gasteiger partial charge in [-0.2, -0.15) is 9.97 Å². The first-order valence-corrected chi connectivity index (χ1v) is 15.7. The molecule has 3 aromatic carbocycles. The zero-order valence-electron chi connectivity index (χ0n) is 24.7. The number of azide groups is 1. The Morgan fingerprint density at radius 1 is 1.11 bits per heavy atom. The number of aromatic hydroxyl groups is 1. The summed E-state index contributed by atoms with van der Waals surface area (Å²) in [4.78, 5) is 30.2. The minimum absolute atomic E-state index is 0.00740. The van der Waals surface area contributed by atoms with Crippen LogP contribution in [-0.2, 0) is 0 Å². The molecule has 4 saturated heterocycles. The Morgan fingerprint density at radius 2 is 1.87 bits per heavy atom. The van der Waals surface area contributed by atoms with Crippen molar-refractivity contribution in [2.24, 2.45) is 5.11 Å². The van der Waals surface area contributed by atoms with Gasteiger partial charge in [-0.15, -0.1) is 0 Å². The number of carbonyl (C=O) groups excluding carboxylic acids is 1. The van der Waals surface area contributed by atoms with Gasteiger partial charge in [0, 0.05) is 46.6 Å². The fraction of sp³-hybridized carbons (Fsp3) is 0.424. The second-order valence-corrected chi connectivity index (χ2v) is 12.8. The highest BCUT2D eigenvalue weighted by Gasteiger charge is 2.45. The lowest BCUT2D eigenvalue weighted by molar-refractivity contribution is 0.100. The van der Waals surface area contributed by atoms with Gasteiger partial charge in [0.2, 0.25) is 5.91 Å². The van der Waals surface area contributed by atoms with Crippen LogP contribution >= 0.6 is 0 Å². The van der Waals surface area contributed by atoms with Crippen LogP contribution in [0, 0.1) is 5.82 Å². The highest BCUT2D eigenvalue weighted by molar-refractivity contribution is 6.11. The molecule has 2 N–H and O–H groups in total. The molecule has 0 saturated carbocycles. The SMILES string of the molecule is [N-]=[N+]=NC(=O)c1cc2c(N3CC4CCC(C3)N4)nc(OCC34CCCN3CCC4)nc2c(F)c1-c1cc(O)cc2ccccc12. The van der Waals surface area contributed by atoms with E-state index in [0.717, 1.165) is 51.6 Å². The maximum absolute atomic E-state index is 17.2. The fourth-order valence-corrected chi connectivity index (χ4v) is 8.15. The van der Waals surface area contributed by atoms with Crippen LogP contribution in [0.3, 0.4) is 0 Å². The number of benzene rings is 3. The third-order valence-electron chi connectivity index (χ3n) is 10.2. The maximum atomic E-state index is 17.2. The third kappa shape index (κ3) is 4.72. The number of nitrogens with zero attached hydrogens (tertiary/aromatic N) is 7. The molecule has 230 valence electrons. The van der Waals surface area contributed by atoms with Crippen molar-refractivity contribution in [3.63, 3.8) is 0 Å². The van der Waals surface area contributed by atoms with Crippen molar-refractivity contribution in [3.8, 4) is 22.9 Å². The van der Waals surface area contributed by atoms with E-state index in [1.54, 1.807) is 24.3 Å². The third-order valence-corrected chi connectivity index (χ3v) is 10.2. The number of halogens is 1. The Kier molecular flexibility index (Phi) is 6.74. The van der Waals surface area contributed by atoms with Gasteiger partial charge in [-0.3, -0.25) is 9.69 Å². The van der Waals surface area contributed by atoms with E-state index in [0.29, 0.717) is 41.7 Å². The molecule has 1 amide bonds. The van der Waals surface area contributed by atoms with E-state index in [-0.39, 0.29) is 51.6 Å². The van der Waals surface area contributed by atoms with Crippen molar-refractivity contribution < 1.29 is 19.0 Å². The second-order valence-electron chi connectivity index (χ2n) is 12.8. The monoisotopic (exact) mass is 608 g/mol. The van der Waals surface area contributed by atoms with E-state index in [9.17, 15) is 15.4 Å². The van der Waals surface area contributed by atoms with E-state index in [4.69, 9.17) is 9.72 Å². The predicted molar refractivity (Wildman–Crippen MR) is 168 cm³/mol. The number of rotatable bonds is 6. The molecule has 8 rings (SSSR count). The number of hydrogen-bond acceptors (Lipinski definition) is 8. The number of ether oxygens (including phenoxy) is 1. The van der Waals surface area contributed by atoms with E-state index < -0.39 is 11.7 Å². The summed E-state index contributed by atoms with van der Waals surface area (Å²) in [5, 5.41) is 19.2. The molecule has 0 spiro atoms. The Balaban J connectivity index is 1.34. The minimum atomic E-state index is -0.936. The molecule has 4 aliphatic rings. The highest BCUT2D eigenvalue weighted by atomic mass is 19.1. The first-order chi connectivity index (χ1) is 21.9. The number of piperazine rings is 1. The summed E-state index contributed by atoms with van der Waals surface area (Å²) in [5.41, 5.74) is 9.19. The van der Waals surface area contributed by atoms with Gasteiger partial charge in [-0.1, -0.05) is 24.3 Å². The summed E-state index contributed by atoms with van der Waals surface area (Å²) < 4.78 is 23.5. The van der Waals surface area contributed by atoms with Gasteiger partial charge in [-0.05, 0) is 96.8 Å². The number of phenolic OH excluding ortho intramolecular Hbond substituents is 1. The van der Waals surface area contributed by atoms with Crippen molar-refractivity contribution in [1.82, 2.24) is 20.2 Å². The largest absolute Gasteiger partial charge is 0.508 e. The summed E-state index contributed by atoms with van der Waals surface area (Å²) in [7, 11) is 0. The maximum Gasteiger partial charge on any atom is 0.319 e. The predicted octanol–water partition coefficient (Wildman–Crippen LogP) is 5.69. The van der Waals surface area contributed by atoms with Crippen LogP contribution in [0.1, 0.15) is 48.9 Å². The zero-order chi connectivity index (χ0) is 30.7. The molecule has 12 heteroatoms. The standard InChI is InChI=1S/C33H33FN8O3/c34-28-27(24-14-22(43)13-19-5-1-2-6-23(19)24)25(31(44)39-40-35)15-26-29(28)37-32(45-18-33-9-3-11-42(33)12-4-10-33)38-30(26)41-16-20-7-8-21(17-41)36-20/h1-2,5-6,13-15,20-21,36,43H,3-4,7-12,16-18H2. The Labute approximate surface area is 258 Å². The van der Waals surface area contributed by atoms with Gasteiger partial charge < -0.3 is 20.1 Å². The van der Waals surface area contributed by atoms with Crippen molar-refractivity contribution in [2.45, 2.75) is 56.1 Å². The van der Waals surface area contributed by atoms with Crippen molar-refractivity contribution in [3.05, 3.63) is 64.3 Å². The average Bonchev–Trinajstić information content (AvgIpc) is 3.73. The van der Waals surface area contributed by atoms with Crippen LogP contribution in [0.5, 0.6) is 11.8 Å². The van der Waals surface area contributed by atoms with Crippen molar-refractivity contribution in [1.29, 1.82) is 0 Å². The van der Waals surface area contributed by atoms with Crippen LogP contribution in [0.15, 0.2) is 47.6 Å². The first kappa shape index (κ1) is 28.0. The molecule has 11 nitrogen and oxygen atoms in total. The number of carbonyl (C=O) groups is 1. The molecule has 5 heterocycles. The van der Waals surface area contributed by atoms with Crippen molar-refractivity contribution in [2.75, 3.05) is 37.7 Å². The fourth-order valence-electron chi connectivity index (χ4n) is 8.15. The van der Waals surface area contributed by atoms with Crippen LogP contribution < -0.4 is 15.0 Å². The summed E-state index contributed by atoms with van der Waals surface area (Å²) in [6.07, 6.45) is 6.40. The van der Waals surface area contributed by atoms with Gasteiger partial charge in [0.15, 0.2) is 5.82 Å². The molecule has 2 unspecified atom stereocenters. The number of aromatic nitrogens is 2. The molecule has 0 aliphatic carbocycles. The lowest BCUT2D eigenvalue weighted by Crippen LogP contribution is -2.51. The number of hydrogen-bond donors (Lipinski definition) is 2. The summed E-state index contributed by atoms with van der Waals surface area (Å²) >= 11 is 0. The van der Waals surface area contributed by atoms with Crippen LogP contribution in [-0.4, -0.2) is 76.3 Å². The van der Waals surface area contributed by atoms with Crippen LogP contribution in [0.4, 0.5) is 10.2 Å². The van der Waals surface area contributed by atoms with Gasteiger partial charge in [0.05, 0.1) is 5.54 Å². The van der Waals surface area contributed by atoms with E-state index in [2.05, 4.69) is 30.1 Å². The average molecular weight is 609 g/mol. The normalized spacial score (nSPS) is 22.1. The zero-order valence-corrected chi connectivity index (χ0v) is 24.7. The number of nitrogens with one attached hydrogen (secondary N) is 1. The molecule has 4 aliphatic heterocycles. The number of phenols is 1. The lowest BCUT2D eigenvalue weighted by atomic mass is 9.92. The lowest BCUT2D eigenvalue weighted by Gasteiger charge is -2.35. The smallest absolute Gasteiger partial charge is 0.319 e. The number of anilines is 1. The Bertz CT molecular complexity index is 1890. The highest BCUT2D eigenvalue weighted by Crippen LogP contribution is 2.43. The molecular weight excluding hydrogens is 575 g/mol. The minimum Gasteiger partial charge on any atom is -0.508 e. The summed E-state index contributed by atoms with van der Waals surface area (Å²) in [6.45, 7) is 3.85. The molecule has 2 bridgehead atoms. The van der Waals surface area contributed by atoms with Gasteiger partial charge in [-0.25, -0.2) is 4.39 Å². The van der Waals surface area contributed by atoms with Crippen LogP contribution in [0.25, 0.3) is 43.2 Å². The first-order valence-electron chi connectivity index (χ1n) is 15.7. The molecule has 2 atom stereocenters.